The quantitative estimate of drug-likeness (QED) is 0.914. The zero-order valence-electron chi connectivity index (χ0n) is 12.2. The number of rotatable bonds is 3. The van der Waals surface area contributed by atoms with Crippen LogP contribution < -0.4 is 14.8 Å². The molecular formula is C17H18BrNO2. The van der Waals surface area contributed by atoms with E-state index >= 15 is 0 Å². The fraction of sp³-hybridized carbons (Fsp3) is 0.294. The van der Waals surface area contributed by atoms with Gasteiger partial charge in [-0.05, 0) is 54.9 Å². The molecule has 0 saturated heterocycles. The first kappa shape index (κ1) is 14.4. The Bertz CT molecular complexity index is 657. The third kappa shape index (κ3) is 2.92. The highest BCUT2D eigenvalue weighted by Gasteiger charge is 2.18. The molecule has 21 heavy (non-hydrogen) atoms. The van der Waals surface area contributed by atoms with Crippen molar-refractivity contribution in [2.45, 2.75) is 13.0 Å². The monoisotopic (exact) mass is 347 g/mol. The normalized spacial score (nSPS) is 14.8. The van der Waals surface area contributed by atoms with Gasteiger partial charge in [-0.2, -0.15) is 0 Å². The van der Waals surface area contributed by atoms with Gasteiger partial charge in [0.05, 0.1) is 6.04 Å². The number of fused-ring (bicyclic) bond motifs is 1. The molecule has 3 rings (SSSR count). The summed E-state index contributed by atoms with van der Waals surface area (Å²) in [6.45, 7) is 3.35. The van der Waals surface area contributed by atoms with Gasteiger partial charge in [-0.15, -0.1) is 0 Å². The number of hydrogen-bond donors (Lipinski definition) is 1. The standard InChI is InChI=1S/C17H18BrNO2/c1-11-3-5-13(18)10-14(11)17(19-2)12-4-6-15-16(9-12)21-8-7-20-15/h3-6,9-10,17,19H,7-8H2,1-2H3. The lowest BCUT2D eigenvalue weighted by Crippen LogP contribution is -2.20. The van der Waals surface area contributed by atoms with Crippen LogP contribution in [0, 0.1) is 6.92 Å². The van der Waals surface area contributed by atoms with E-state index < -0.39 is 0 Å². The molecule has 0 saturated carbocycles. The van der Waals surface area contributed by atoms with Crippen LogP contribution in [0.3, 0.4) is 0 Å². The maximum Gasteiger partial charge on any atom is 0.161 e. The van der Waals surface area contributed by atoms with Crippen LogP contribution in [0.15, 0.2) is 40.9 Å². The Labute approximate surface area is 133 Å². The van der Waals surface area contributed by atoms with Crippen molar-refractivity contribution in [2.24, 2.45) is 0 Å². The molecule has 0 aliphatic carbocycles. The highest BCUT2D eigenvalue weighted by molar-refractivity contribution is 9.10. The lowest BCUT2D eigenvalue weighted by atomic mass is 9.95. The minimum atomic E-state index is 0.123. The SMILES string of the molecule is CNC(c1ccc2c(c1)OCCO2)c1cc(Br)ccc1C. The molecule has 0 amide bonds. The number of nitrogens with one attached hydrogen (secondary N) is 1. The van der Waals surface area contributed by atoms with Crippen molar-refractivity contribution in [2.75, 3.05) is 20.3 Å². The molecule has 2 aromatic carbocycles. The molecule has 0 radical (unpaired) electrons. The van der Waals surface area contributed by atoms with Crippen LogP contribution in [0.5, 0.6) is 11.5 Å². The summed E-state index contributed by atoms with van der Waals surface area (Å²) in [7, 11) is 1.97. The highest BCUT2D eigenvalue weighted by Crippen LogP contribution is 2.35. The van der Waals surface area contributed by atoms with E-state index in [9.17, 15) is 0 Å². The van der Waals surface area contributed by atoms with Gasteiger partial charge in [-0.3, -0.25) is 0 Å². The van der Waals surface area contributed by atoms with Crippen molar-refractivity contribution in [3.8, 4) is 11.5 Å². The van der Waals surface area contributed by atoms with E-state index in [-0.39, 0.29) is 6.04 Å². The smallest absolute Gasteiger partial charge is 0.161 e. The average Bonchev–Trinajstić information content (AvgIpc) is 2.51. The van der Waals surface area contributed by atoms with Crippen LogP contribution in [0.1, 0.15) is 22.7 Å². The van der Waals surface area contributed by atoms with Gasteiger partial charge in [0.25, 0.3) is 0 Å². The van der Waals surface area contributed by atoms with Crippen molar-refractivity contribution in [1.29, 1.82) is 0 Å². The van der Waals surface area contributed by atoms with E-state index in [1.165, 1.54) is 16.7 Å². The zero-order chi connectivity index (χ0) is 14.8. The molecule has 3 nitrogen and oxygen atoms in total. The molecular weight excluding hydrogens is 330 g/mol. The summed E-state index contributed by atoms with van der Waals surface area (Å²) >= 11 is 3.55. The molecule has 1 heterocycles. The van der Waals surface area contributed by atoms with Crippen molar-refractivity contribution >= 4 is 15.9 Å². The minimum Gasteiger partial charge on any atom is -0.486 e. The second-order valence-electron chi connectivity index (χ2n) is 5.13. The average molecular weight is 348 g/mol. The Morgan fingerprint density at radius 3 is 2.57 bits per heavy atom. The van der Waals surface area contributed by atoms with Crippen LogP contribution in [0.2, 0.25) is 0 Å². The minimum absolute atomic E-state index is 0.123. The van der Waals surface area contributed by atoms with E-state index in [0.717, 1.165) is 16.0 Å². The largest absolute Gasteiger partial charge is 0.486 e. The molecule has 0 aromatic heterocycles. The summed E-state index contributed by atoms with van der Waals surface area (Å²) < 4.78 is 12.4. The van der Waals surface area contributed by atoms with Gasteiger partial charge < -0.3 is 14.8 Å². The van der Waals surface area contributed by atoms with E-state index in [2.05, 4.69) is 58.5 Å². The molecule has 1 aliphatic rings. The molecule has 110 valence electrons. The molecule has 0 spiro atoms. The van der Waals surface area contributed by atoms with E-state index in [0.29, 0.717) is 13.2 Å². The Morgan fingerprint density at radius 1 is 1.05 bits per heavy atom. The number of benzene rings is 2. The summed E-state index contributed by atoms with van der Waals surface area (Å²) in [4.78, 5) is 0. The van der Waals surface area contributed by atoms with Crippen molar-refractivity contribution in [3.63, 3.8) is 0 Å². The van der Waals surface area contributed by atoms with E-state index in [4.69, 9.17) is 9.47 Å². The molecule has 1 N–H and O–H groups in total. The van der Waals surface area contributed by atoms with Gasteiger partial charge in [-0.25, -0.2) is 0 Å². The lowest BCUT2D eigenvalue weighted by Gasteiger charge is -2.23. The summed E-state index contributed by atoms with van der Waals surface area (Å²) in [5.41, 5.74) is 3.68. The predicted octanol–water partition coefficient (Wildman–Crippen LogP) is 3.84. The van der Waals surface area contributed by atoms with Crippen LogP contribution >= 0.6 is 15.9 Å². The maximum absolute atomic E-state index is 5.69. The van der Waals surface area contributed by atoms with Crippen LogP contribution in [0.4, 0.5) is 0 Å². The first-order valence-corrected chi connectivity index (χ1v) is 7.81. The number of hydrogen-bond acceptors (Lipinski definition) is 3. The number of ether oxygens (including phenoxy) is 2. The third-order valence-electron chi connectivity index (χ3n) is 3.74. The Morgan fingerprint density at radius 2 is 1.81 bits per heavy atom. The lowest BCUT2D eigenvalue weighted by molar-refractivity contribution is 0.171. The molecule has 0 fully saturated rings. The van der Waals surface area contributed by atoms with Gasteiger partial charge in [0, 0.05) is 4.47 Å². The third-order valence-corrected chi connectivity index (χ3v) is 4.23. The summed E-state index contributed by atoms with van der Waals surface area (Å²) in [5.74, 6) is 1.65. The Hall–Kier alpha value is -1.52. The van der Waals surface area contributed by atoms with Gasteiger partial charge in [-0.1, -0.05) is 28.1 Å². The second kappa shape index (κ2) is 6.08. The fourth-order valence-electron chi connectivity index (χ4n) is 2.66. The van der Waals surface area contributed by atoms with Crippen molar-refractivity contribution < 1.29 is 9.47 Å². The van der Waals surface area contributed by atoms with Crippen LogP contribution in [-0.2, 0) is 0 Å². The number of halogens is 1. The molecule has 4 heteroatoms. The fourth-order valence-corrected chi connectivity index (χ4v) is 3.04. The van der Waals surface area contributed by atoms with Crippen molar-refractivity contribution in [1.82, 2.24) is 5.32 Å². The van der Waals surface area contributed by atoms with Crippen molar-refractivity contribution in [3.05, 3.63) is 57.6 Å². The first-order valence-electron chi connectivity index (χ1n) is 7.02. The molecule has 1 aliphatic heterocycles. The topological polar surface area (TPSA) is 30.5 Å². The van der Waals surface area contributed by atoms with Crippen LogP contribution in [-0.4, -0.2) is 20.3 Å². The highest BCUT2D eigenvalue weighted by atomic mass is 79.9. The van der Waals surface area contributed by atoms with Gasteiger partial charge in [0.15, 0.2) is 11.5 Å². The summed E-state index contributed by atoms with van der Waals surface area (Å²) in [5, 5.41) is 3.39. The molecule has 0 bridgehead atoms. The number of aryl methyl sites for hydroxylation is 1. The van der Waals surface area contributed by atoms with E-state index in [1.54, 1.807) is 0 Å². The Kier molecular flexibility index (Phi) is 4.17. The summed E-state index contributed by atoms with van der Waals surface area (Å²) in [6.07, 6.45) is 0. The summed E-state index contributed by atoms with van der Waals surface area (Å²) in [6, 6.07) is 12.6. The van der Waals surface area contributed by atoms with Gasteiger partial charge >= 0.3 is 0 Å². The zero-order valence-corrected chi connectivity index (χ0v) is 13.7. The van der Waals surface area contributed by atoms with Crippen LogP contribution in [0.25, 0.3) is 0 Å². The van der Waals surface area contributed by atoms with E-state index in [1.807, 2.05) is 13.1 Å². The van der Waals surface area contributed by atoms with Gasteiger partial charge in [0.1, 0.15) is 13.2 Å². The predicted molar refractivity (Wildman–Crippen MR) is 87.2 cm³/mol. The first-order chi connectivity index (χ1) is 10.2. The van der Waals surface area contributed by atoms with Gasteiger partial charge in [0.2, 0.25) is 0 Å². The maximum atomic E-state index is 5.69. The second-order valence-corrected chi connectivity index (χ2v) is 6.04. The molecule has 2 aromatic rings. The Balaban J connectivity index is 2.01. The molecule has 1 unspecified atom stereocenters. The molecule has 1 atom stereocenters.